The number of hydrazine groups is 1. The first-order chi connectivity index (χ1) is 19.1. The van der Waals surface area contributed by atoms with Crippen LogP contribution in [0.3, 0.4) is 0 Å². The highest BCUT2D eigenvalue weighted by atomic mass is 16.7. The van der Waals surface area contributed by atoms with Crippen LogP contribution in [-0.4, -0.2) is 59.9 Å². The standard InChI is InChI=1S/C33H55N3O4/c1-20-7-14-33(39-19-20)21(2)29-28(40-33)18-27-25-6-5-22-17-23(34-30(38)35-36-15-10-24(37)11-16-36)8-12-31(22,3)26(25)9-13-32(27,29)4/h20-29,37H,5-19H2,1-4H3,(H2,34,35,38)/t20-,21-,22+,23+,25+,26-,27-,28-,29-,31-,32-,33+/m0/s1. The summed E-state index contributed by atoms with van der Waals surface area (Å²) in [5.41, 5.74) is 3.82. The van der Waals surface area contributed by atoms with Crippen molar-refractivity contribution in [2.45, 2.75) is 129 Å². The van der Waals surface area contributed by atoms with Crippen molar-refractivity contribution in [1.82, 2.24) is 15.8 Å². The number of aliphatic hydroxyl groups excluding tert-OH is 1. The van der Waals surface area contributed by atoms with E-state index in [-0.39, 0.29) is 24.0 Å². The van der Waals surface area contributed by atoms with Gasteiger partial charge >= 0.3 is 6.03 Å². The predicted molar refractivity (Wildman–Crippen MR) is 154 cm³/mol. The lowest BCUT2D eigenvalue weighted by atomic mass is 9.44. The van der Waals surface area contributed by atoms with Crippen molar-refractivity contribution in [1.29, 1.82) is 0 Å². The van der Waals surface area contributed by atoms with E-state index in [2.05, 4.69) is 38.4 Å². The lowest BCUT2D eigenvalue weighted by Crippen LogP contribution is -2.57. The van der Waals surface area contributed by atoms with Gasteiger partial charge in [-0.25, -0.2) is 9.80 Å². The summed E-state index contributed by atoms with van der Waals surface area (Å²) in [6, 6.07) is 0.209. The highest BCUT2D eigenvalue weighted by Gasteiger charge is 2.69. The molecule has 3 aliphatic heterocycles. The molecule has 7 rings (SSSR count). The van der Waals surface area contributed by atoms with Crippen molar-refractivity contribution < 1.29 is 19.4 Å². The smallest absolute Gasteiger partial charge is 0.329 e. The summed E-state index contributed by atoms with van der Waals surface area (Å²) in [7, 11) is 0. The van der Waals surface area contributed by atoms with Crippen molar-refractivity contribution in [2.24, 2.45) is 52.3 Å². The van der Waals surface area contributed by atoms with Gasteiger partial charge in [-0.1, -0.05) is 27.7 Å². The fraction of sp³-hybridized carbons (Fsp3) is 0.970. The SMILES string of the molecule is C[C@H]1CC[C@@]2(OC1)O[C@H]1C[C@H]3[C@@H]4CC[C@@H]5C[C@H](NC(=O)NN6CCC(O)CC6)CC[C@]5(C)[C@H]4CC[C@]3(C)[C@H]1[C@@H]2C. The average Bonchev–Trinajstić information content (AvgIpc) is 3.37. The van der Waals surface area contributed by atoms with E-state index in [0.29, 0.717) is 40.6 Å². The lowest BCUT2D eigenvalue weighted by molar-refractivity contribution is -0.273. The first-order valence-corrected chi connectivity index (χ1v) is 16.9. The zero-order chi connectivity index (χ0) is 27.9. The van der Waals surface area contributed by atoms with E-state index in [1.807, 2.05) is 5.01 Å². The number of nitrogens with zero attached hydrogens (tertiary/aromatic N) is 1. The Morgan fingerprint density at radius 3 is 2.42 bits per heavy atom. The molecular formula is C33H55N3O4. The molecule has 12 atom stereocenters. The number of ether oxygens (including phenoxy) is 2. The Morgan fingerprint density at radius 1 is 0.900 bits per heavy atom. The maximum absolute atomic E-state index is 12.8. The van der Waals surface area contributed by atoms with Crippen LogP contribution >= 0.6 is 0 Å². The Kier molecular flexibility index (Phi) is 7.04. The zero-order valence-electron chi connectivity index (χ0n) is 25.5. The van der Waals surface area contributed by atoms with Crippen LogP contribution in [0.1, 0.15) is 105 Å². The molecule has 0 bridgehead atoms. The van der Waals surface area contributed by atoms with Gasteiger partial charge in [-0.2, -0.15) is 0 Å². The lowest BCUT2D eigenvalue weighted by Gasteiger charge is -2.61. The van der Waals surface area contributed by atoms with Crippen molar-refractivity contribution >= 4 is 6.03 Å². The minimum Gasteiger partial charge on any atom is -0.393 e. The van der Waals surface area contributed by atoms with Gasteiger partial charge < -0.3 is 19.9 Å². The quantitative estimate of drug-likeness (QED) is 0.419. The van der Waals surface area contributed by atoms with Crippen LogP contribution in [-0.2, 0) is 9.47 Å². The number of nitrogens with one attached hydrogen (secondary N) is 2. The molecule has 0 radical (unpaired) electrons. The molecule has 7 aliphatic rings. The number of urea groups is 1. The van der Waals surface area contributed by atoms with Gasteiger partial charge in [0.1, 0.15) is 0 Å². The number of amides is 2. The molecule has 3 heterocycles. The van der Waals surface area contributed by atoms with Gasteiger partial charge in [-0.05, 0) is 117 Å². The molecule has 7 nitrogen and oxygen atoms in total. The second-order valence-corrected chi connectivity index (χ2v) is 15.9. The molecule has 1 spiro atoms. The van der Waals surface area contributed by atoms with E-state index in [9.17, 15) is 9.90 Å². The van der Waals surface area contributed by atoms with Crippen molar-refractivity contribution in [3.05, 3.63) is 0 Å². The second kappa shape index (κ2) is 10.1. The van der Waals surface area contributed by atoms with Crippen LogP contribution in [0.2, 0.25) is 0 Å². The van der Waals surface area contributed by atoms with Crippen molar-refractivity contribution in [3.63, 3.8) is 0 Å². The molecular weight excluding hydrogens is 502 g/mol. The largest absolute Gasteiger partial charge is 0.393 e. The summed E-state index contributed by atoms with van der Waals surface area (Å²) >= 11 is 0. The summed E-state index contributed by atoms with van der Waals surface area (Å²) in [5, 5.41) is 15.0. The molecule has 4 saturated carbocycles. The molecule has 7 fully saturated rings. The summed E-state index contributed by atoms with van der Waals surface area (Å²) in [6.45, 7) is 12.3. The Bertz CT molecular complexity index is 961. The first kappa shape index (κ1) is 27.9. The Morgan fingerprint density at radius 2 is 1.68 bits per heavy atom. The number of hydrogen-bond donors (Lipinski definition) is 3. The second-order valence-electron chi connectivity index (χ2n) is 15.9. The third-order valence-electron chi connectivity index (χ3n) is 14.0. The number of piperidine rings is 1. The van der Waals surface area contributed by atoms with E-state index in [1.54, 1.807) is 0 Å². The molecule has 0 aromatic rings. The third-order valence-corrected chi connectivity index (χ3v) is 14.0. The van der Waals surface area contributed by atoms with Crippen molar-refractivity contribution in [3.8, 4) is 0 Å². The summed E-state index contributed by atoms with van der Waals surface area (Å²) in [4.78, 5) is 12.8. The monoisotopic (exact) mass is 557 g/mol. The van der Waals surface area contributed by atoms with Gasteiger partial charge in [-0.15, -0.1) is 0 Å². The average molecular weight is 558 g/mol. The summed E-state index contributed by atoms with van der Waals surface area (Å²) in [5.74, 6) is 4.60. The number of fused-ring (bicyclic) bond motifs is 7. The maximum Gasteiger partial charge on any atom is 0.329 e. The van der Waals surface area contributed by atoms with E-state index >= 15 is 0 Å². The molecule has 3 N–H and O–H groups in total. The van der Waals surface area contributed by atoms with Crippen molar-refractivity contribution in [2.75, 3.05) is 19.7 Å². The van der Waals surface area contributed by atoms with Gasteiger partial charge in [0, 0.05) is 31.5 Å². The normalized spacial score (nSPS) is 52.9. The molecule has 2 amide bonds. The number of aliphatic hydroxyl groups is 1. The molecule has 0 unspecified atom stereocenters. The first-order valence-electron chi connectivity index (χ1n) is 16.9. The van der Waals surface area contributed by atoms with Crippen LogP contribution in [0.4, 0.5) is 4.79 Å². The van der Waals surface area contributed by atoms with Crippen LogP contribution in [0.5, 0.6) is 0 Å². The number of rotatable bonds is 2. The van der Waals surface area contributed by atoms with Crippen LogP contribution in [0.25, 0.3) is 0 Å². The molecule has 4 aliphatic carbocycles. The number of carbonyl (C=O) groups is 1. The molecule has 40 heavy (non-hydrogen) atoms. The Hall–Kier alpha value is -0.890. The van der Waals surface area contributed by atoms with E-state index in [4.69, 9.17) is 9.47 Å². The van der Waals surface area contributed by atoms with Crippen LogP contribution in [0.15, 0.2) is 0 Å². The molecule has 226 valence electrons. The summed E-state index contributed by atoms with van der Waals surface area (Å²) in [6.07, 6.45) is 14.0. The number of carbonyl (C=O) groups excluding carboxylic acids is 1. The Labute approximate surface area is 241 Å². The summed E-state index contributed by atoms with van der Waals surface area (Å²) < 4.78 is 13.5. The molecule has 3 saturated heterocycles. The maximum atomic E-state index is 12.8. The molecule has 0 aromatic heterocycles. The number of hydrogen-bond acceptors (Lipinski definition) is 5. The Balaban J connectivity index is 0.990. The topological polar surface area (TPSA) is 83.1 Å². The molecule has 0 aromatic carbocycles. The van der Waals surface area contributed by atoms with Gasteiger partial charge in [0.15, 0.2) is 5.79 Å². The van der Waals surface area contributed by atoms with Gasteiger partial charge in [0.05, 0.1) is 18.8 Å². The highest BCUT2D eigenvalue weighted by molar-refractivity contribution is 5.73. The fourth-order valence-corrected chi connectivity index (χ4v) is 11.7. The van der Waals surface area contributed by atoms with Crippen LogP contribution in [0, 0.1) is 52.3 Å². The fourth-order valence-electron chi connectivity index (χ4n) is 11.7. The highest BCUT2D eigenvalue weighted by Crippen LogP contribution is 2.71. The van der Waals surface area contributed by atoms with E-state index < -0.39 is 0 Å². The van der Waals surface area contributed by atoms with Gasteiger partial charge in [0.2, 0.25) is 0 Å². The third kappa shape index (κ3) is 4.38. The van der Waals surface area contributed by atoms with Gasteiger partial charge in [0.25, 0.3) is 0 Å². The zero-order valence-corrected chi connectivity index (χ0v) is 25.5. The van der Waals surface area contributed by atoms with Crippen LogP contribution < -0.4 is 10.7 Å². The van der Waals surface area contributed by atoms with Gasteiger partial charge in [-0.3, -0.25) is 5.43 Å². The van der Waals surface area contributed by atoms with E-state index in [1.165, 1.54) is 44.9 Å². The minimum absolute atomic E-state index is 0.0621. The predicted octanol–water partition coefficient (Wildman–Crippen LogP) is 5.47. The minimum atomic E-state index is -0.316. The molecule has 7 heteroatoms. The van der Waals surface area contributed by atoms with E-state index in [0.717, 1.165) is 69.6 Å².